The molecule has 2 N–H and O–H groups in total. The summed E-state index contributed by atoms with van der Waals surface area (Å²) >= 11 is 2.97. The Morgan fingerprint density at radius 3 is 2.89 bits per heavy atom. The van der Waals surface area contributed by atoms with Gasteiger partial charge in [0.25, 0.3) is 5.56 Å². The van der Waals surface area contributed by atoms with Crippen LogP contribution in [0.5, 0.6) is 5.75 Å². The van der Waals surface area contributed by atoms with Crippen LogP contribution in [0.4, 0.5) is 0 Å². The van der Waals surface area contributed by atoms with E-state index in [9.17, 15) is 9.90 Å². The Balaban J connectivity index is 1.86. The molecule has 0 bridgehead atoms. The Morgan fingerprint density at radius 2 is 2.11 bits per heavy atom. The number of H-pyrrole nitrogens is 1. The highest BCUT2D eigenvalue weighted by molar-refractivity contribution is 8.00. The van der Waals surface area contributed by atoms with Crippen molar-refractivity contribution < 1.29 is 5.11 Å². The molecule has 0 aliphatic rings. The van der Waals surface area contributed by atoms with Crippen molar-refractivity contribution in [2.75, 3.05) is 0 Å². The van der Waals surface area contributed by atoms with E-state index in [1.807, 2.05) is 18.2 Å². The van der Waals surface area contributed by atoms with E-state index in [0.717, 1.165) is 10.1 Å². The van der Waals surface area contributed by atoms with Crippen molar-refractivity contribution in [1.29, 1.82) is 0 Å². The number of benzene rings is 1. The molecule has 0 aliphatic heterocycles. The second-order valence-electron chi connectivity index (χ2n) is 3.95. The molecule has 3 rings (SSSR count). The zero-order valence-electron chi connectivity index (χ0n) is 9.79. The van der Waals surface area contributed by atoms with Crippen molar-refractivity contribution in [1.82, 2.24) is 9.97 Å². The predicted molar refractivity (Wildman–Crippen MR) is 77.9 cm³/mol. The normalized spacial score (nSPS) is 10.9. The highest BCUT2D eigenvalue weighted by Crippen LogP contribution is 2.34. The number of thiazole rings is 1. The topological polar surface area (TPSA) is 66.0 Å². The number of aromatic nitrogens is 2. The van der Waals surface area contributed by atoms with Crippen LogP contribution in [0.3, 0.4) is 0 Å². The molecule has 3 aromatic rings. The predicted octanol–water partition coefficient (Wildman–Crippen LogP) is 2.98. The Bertz CT molecular complexity index is 765. The molecule has 2 heterocycles. The smallest absolute Gasteiger partial charge is 0.253 e. The molecule has 0 amide bonds. The van der Waals surface area contributed by atoms with Crippen molar-refractivity contribution in [3.63, 3.8) is 0 Å². The van der Waals surface area contributed by atoms with Gasteiger partial charge in [0.2, 0.25) is 0 Å². The number of aromatic hydroxyl groups is 1. The van der Waals surface area contributed by atoms with Crippen molar-refractivity contribution in [3.8, 4) is 5.75 Å². The molecular weight excluding hydrogens is 280 g/mol. The summed E-state index contributed by atoms with van der Waals surface area (Å²) in [5.41, 5.74) is 1.32. The maximum absolute atomic E-state index is 11.2. The van der Waals surface area contributed by atoms with Crippen LogP contribution in [0.15, 0.2) is 45.5 Å². The number of fused-ring (bicyclic) bond motifs is 1. The lowest BCUT2D eigenvalue weighted by Gasteiger charge is -1.96. The number of aromatic amines is 1. The van der Waals surface area contributed by atoms with Crippen LogP contribution in [-0.4, -0.2) is 15.1 Å². The van der Waals surface area contributed by atoms with E-state index >= 15 is 0 Å². The Hall–Kier alpha value is -1.79. The standard InChI is InChI=1S/C13H10N2O2S2/c16-9-6-10(17)14-12-11(9)19-13(15-12)18-7-8-4-2-1-3-5-8/h1-6H,7H2,(H2,14,16,17). The maximum atomic E-state index is 11.2. The summed E-state index contributed by atoms with van der Waals surface area (Å²) in [7, 11) is 0. The minimum Gasteiger partial charge on any atom is -0.506 e. The second-order valence-corrected chi connectivity index (χ2v) is 6.17. The molecule has 0 saturated carbocycles. The monoisotopic (exact) mass is 290 g/mol. The molecule has 19 heavy (non-hydrogen) atoms. The van der Waals surface area contributed by atoms with Crippen LogP contribution in [0.1, 0.15) is 5.56 Å². The Labute approximate surface area is 117 Å². The first kappa shape index (κ1) is 12.3. The van der Waals surface area contributed by atoms with Gasteiger partial charge in [0.05, 0.1) is 0 Å². The Morgan fingerprint density at radius 1 is 1.32 bits per heavy atom. The van der Waals surface area contributed by atoms with Crippen molar-refractivity contribution in [2.24, 2.45) is 0 Å². The number of nitrogens with one attached hydrogen (secondary N) is 1. The Kier molecular flexibility index (Phi) is 3.27. The van der Waals surface area contributed by atoms with Crippen LogP contribution < -0.4 is 5.56 Å². The van der Waals surface area contributed by atoms with Gasteiger partial charge in [-0.25, -0.2) is 4.98 Å². The first-order chi connectivity index (χ1) is 9.22. The SMILES string of the molecule is O=c1cc(O)c2sc(SCc3ccccc3)nc2[nH]1. The highest BCUT2D eigenvalue weighted by atomic mass is 32.2. The zero-order valence-corrected chi connectivity index (χ0v) is 11.4. The molecule has 0 aliphatic carbocycles. The largest absolute Gasteiger partial charge is 0.506 e. The highest BCUT2D eigenvalue weighted by Gasteiger charge is 2.09. The number of pyridine rings is 1. The number of nitrogens with zero attached hydrogens (tertiary/aromatic N) is 1. The number of hydrogen-bond donors (Lipinski definition) is 2. The third kappa shape index (κ3) is 2.64. The summed E-state index contributed by atoms with van der Waals surface area (Å²) in [6.45, 7) is 0. The lowest BCUT2D eigenvalue weighted by Crippen LogP contribution is -2.02. The fourth-order valence-electron chi connectivity index (χ4n) is 1.68. The molecule has 0 unspecified atom stereocenters. The molecule has 0 radical (unpaired) electrons. The quantitative estimate of drug-likeness (QED) is 0.728. The third-order valence-corrected chi connectivity index (χ3v) is 4.85. The lowest BCUT2D eigenvalue weighted by atomic mass is 10.2. The summed E-state index contributed by atoms with van der Waals surface area (Å²) < 4.78 is 1.45. The first-order valence-electron chi connectivity index (χ1n) is 5.62. The van der Waals surface area contributed by atoms with E-state index in [0.29, 0.717) is 10.3 Å². The fraction of sp³-hybridized carbons (Fsp3) is 0.0769. The van der Waals surface area contributed by atoms with Crippen molar-refractivity contribution >= 4 is 33.4 Å². The van der Waals surface area contributed by atoms with Gasteiger partial charge in [-0.1, -0.05) is 42.1 Å². The second kappa shape index (κ2) is 5.07. The van der Waals surface area contributed by atoms with Crippen LogP contribution in [-0.2, 0) is 5.75 Å². The van der Waals surface area contributed by atoms with Gasteiger partial charge in [-0.15, -0.1) is 11.3 Å². The summed E-state index contributed by atoms with van der Waals surface area (Å²) in [4.78, 5) is 18.2. The number of thioether (sulfide) groups is 1. The minimum atomic E-state index is -0.338. The first-order valence-corrected chi connectivity index (χ1v) is 7.42. The van der Waals surface area contributed by atoms with Crippen LogP contribution in [0, 0.1) is 0 Å². The zero-order chi connectivity index (χ0) is 13.2. The molecule has 0 atom stereocenters. The van der Waals surface area contributed by atoms with Crippen molar-refractivity contribution in [3.05, 3.63) is 52.3 Å². The van der Waals surface area contributed by atoms with Crippen LogP contribution in [0.25, 0.3) is 10.3 Å². The van der Waals surface area contributed by atoms with E-state index in [1.165, 1.54) is 23.0 Å². The van der Waals surface area contributed by atoms with E-state index in [-0.39, 0.29) is 11.3 Å². The molecule has 0 fully saturated rings. The van der Waals surface area contributed by atoms with Crippen LogP contribution in [0.2, 0.25) is 0 Å². The lowest BCUT2D eigenvalue weighted by molar-refractivity contribution is 0.481. The van der Waals surface area contributed by atoms with E-state index in [4.69, 9.17) is 0 Å². The summed E-state index contributed by atoms with van der Waals surface area (Å²) in [5, 5.41) is 9.69. The van der Waals surface area contributed by atoms with Crippen molar-refractivity contribution in [2.45, 2.75) is 10.1 Å². The van der Waals surface area contributed by atoms with Gasteiger partial charge in [-0.3, -0.25) is 4.79 Å². The third-order valence-electron chi connectivity index (χ3n) is 2.55. The minimum absolute atomic E-state index is 0.0113. The molecule has 0 saturated heterocycles. The van der Waals surface area contributed by atoms with Gasteiger partial charge >= 0.3 is 0 Å². The molecule has 4 nitrogen and oxygen atoms in total. The molecule has 6 heteroatoms. The average Bonchev–Trinajstić information content (AvgIpc) is 2.81. The summed E-state index contributed by atoms with van der Waals surface area (Å²) in [5.74, 6) is 0.800. The number of rotatable bonds is 3. The van der Waals surface area contributed by atoms with Gasteiger partial charge in [0.15, 0.2) is 9.99 Å². The molecule has 96 valence electrons. The van der Waals surface area contributed by atoms with E-state index in [2.05, 4.69) is 22.1 Å². The number of hydrogen-bond acceptors (Lipinski definition) is 5. The average molecular weight is 290 g/mol. The van der Waals surface area contributed by atoms with Gasteiger partial charge in [-0.05, 0) is 5.56 Å². The van der Waals surface area contributed by atoms with Gasteiger partial charge < -0.3 is 10.1 Å². The van der Waals surface area contributed by atoms with Crippen LogP contribution >= 0.6 is 23.1 Å². The van der Waals surface area contributed by atoms with Gasteiger partial charge in [0.1, 0.15) is 10.4 Å². The summed E-state index contributed by atoms with van der Waals surface area (Å²) in [6.07, 6.45) is 0. The molecular formula is C13H10N2O2S2. The van der Waals surface area contributed by atoms with E-state index in [1.54, 1.807) is 11.8 Å². The molecule has 2 aromatic heterocycles. The molecule has 0 spiro atoms. The fourth-order valence-corrected chi connectivity index (χ4v) is 3.65. The van der Waals surface area contributed by atoms with E-state index < -0.39 is 0 Å². The molecule has 1 aromatic carbocycles. The van der Waals surface area contributed by atoms with Gasteiger partial charge in [-0.2, -0.15) is 0 Å². The van der Waals surface area contributed by atoms with Gasteiger partial charge in [0, 0.05) is 11.8 Å². The maximum Gasteiger partial charge on any atom is 0.253 e. The summed E-state index contributed by atoms with van der Waals surface area (Å²) in [6, 6.07) is 11.3.